The Morgan fingerprint density at radius 1 is 1.17 bits per heavy atom. The van der Waals surface area contributed by atoms with Crippen LogP contribution >= 0.6 is 0 Å². The van der Waals surface area contributed by atoms with Gasteiger partial charge in [0.2, 0.25) is 0 Å². The van der Waals surface area contributed by atoms with Gasteiger partial charge in [0, 0.05) is 6.20 Å². The Balaban J connectivity index is 2.01. The third-order valence-corrected chi connectivity index (χ3v) is 3.47. The summed E-state index contributed by atoms with van der Waals surface area (Å²) in [4.78, 5) is 0. The SMILES string of the molecule is N#CC(c1ccc2c(c1)CCC2)c1cccnn1. The zero-order valence-corrected chi connectivity index (χ0v) is 10.0. The first-order valence-electron chi connectivity index (χ1n) is 6.17. The van der Waals surface area contributed by atoms with Crippen molar-refractivity contribution < 1.29 is 0 Å². The molecule has 0 N–H and O–H groups in total. The molecule has 0 saturated carbocycles. The fourth-order valence-electron chi connectivity index (χ4n) is 2.55. The largest absolute Gasteiger partial charge is 0.197 e. The van der Waals surface area contributed by atoms with Crippen LogP contribution in [-0.2, 0) is 12.8 Å². The Hall–Kier alpha value is -2.21. The van der Waals surface area contributed by atoms with Crippen molar-refractivity contribution in [2.24, 2.45) is 0 Å². The highest BCUT2D eigenvalue weighted by Crippen LogP contribution is 2.28. The molecule has 3 nitrogen and oxygen atoms in total. The van der Waals surface area contributed by atoms with Gasteiger partial charge >= 0.3 is 0 Å². The molecule has 0 radical (unpaired) electrons. The highest BCUT2D eigenvalue weighted by molar-refractivity contribution is 5.41. The lowest BCUT2D eigenvalue weighted by Gasteiger charge is -2.10. The number of nitrogens with zero attached hydrogens (tertiary/aromatic N) is 3. The van der Waals surface area contributed by atoms with Crippen molar-refractivity contribution in [2.45, 2.75) is 25.2 Å². The van der Waals surface area contributed by atoms with E-state index in [1.165, 1.54) is 17.5 Å². The molecule has 0 aliphatic heterocycles. The molecule has 0 saturated heterocycles. The van der Waals surface area contributed by atoms with Crippen LogP contribution in [0.15, 0.2) is 36.5 Å². The number of fused-ring (bicyclic) bond motifs is 1. The lowest BCUT2D eigenvalue weighted by molar-refractivity contribution is 0.882. The number of hydrogen-bond acceptors (Lipinski definition) is 3. The molecule has 3 rings (SSSR count). The second-order valence-corrected chi connectivity index (χ2v) is 4.59. The number of nitriles is 1. The maximum Gasteiger partial charge on any atom is 0.115 e. The van der Waals surface area contributed by atoms with Crippen molar-refractivity contribution in [1.29, 1.82) is 5.26 Å². The Bertz CT molecular complexity index is 599. The van der Waals surface area contributed by atoms with Gasteiger partial charge in [0.1, 0.15) is 5.92 Å². The number of aromatic nitrogens is 2. The molecule has 1 heterocycles. The van der Waals surface area contributed by atoms with Crippen LogP contribution in [0.2, 0.25) is 0 Å². The molecule has 1 unspecified atom stereocenters. The molecule has 1 aliphatic carbocycles. The fourth-order valence-corrected chi connectivity index (χ4v) is 2.55. The van der Waals surface area contributed by atoms with Crippen molar-refractivity contribution in [3.05, 3.63) is 58.9 Å². The van der Waals surface area contributed by atoms with Crippen LogP contribution in [0.3, 0.4) is 0 Å². The van der Waals surface area contributed by atoms with Crippen LogP contribution in [0.4, 0.5) is 0 Å². The quantitative estimate of drug-likeness (QED) is 0.804. The van der Waals surface area contributed by atoms with Gasteiger partial charge in [-0.2, -0.15) is 15.5 Å². The van der Waals surface area contributed by atoms with E-state index in [4.69, 9.17) is 0 Å². The van der Waals surface area contributed by atoms with Crippen molar-refractivity contribution >= 4 is 0 Å². The minimum atomic E-state index is -0.315. The third kappa shape index (κ3) is 1.86. The molecule has 0 spiro atoms. The van der Waals surface area contributed by atoms with E-state index in [-0.39, 0.29) is 5.92 Å². The monoisotopic (exact) mass is 235 g/mol. The summed E-state index contributed by atoms with van der Waals surface area (Å²) < 4.78 is 0. The van der Waals surface area contributed by atoms with Crippen LogP contribution in [0.25, 0.3) is 0 Å². The fraction of sp³-hybridized carbons (Fsp3) is 0.267. The predicted molar refractivity (Wildman–Crippen MR) is 68.0 cm³/mol. The average molecular weight is 235 g/mol. The van der Waals surface area contributed by atoms with Crippen LogP contribution in [0.5, 0.6) is 0 Å². The van der Waals surface area contributed by atoms with Gasteiger partial charge in [0.05, 0.1) is 11.8 Å². The molecule has 0 amide bonds. The van der Waals surface area contributed by atoms with E-state index in [9.17, 15) is 5.26 Å². The summed E-state index contributed by atoms with van der Waals surface area (Å²) in [7, 11) is 0. The lowest BCUT2D eigenvalue weighted by atomic mass is 9.94. The summed E-state index contributed by atoms with van der Waals surface area (Å²) in [5.41, 5.74) is 4.56. The molecular weight excluding hydrogens is 222 g/mol. The Morgan fingerprint density at radius 2 is 2.06 bits per heavy atom. The molecule has 18 heavy (non-hydrogen) atoms. The molecular formula is C15H13N3. The summed E-state index contributed by atoms with van der Waals surface area (Å²) in [6, 6.07) is 12.4. The normalized spacial score (nSPS) is 14.8. The Labute approximate surface area is 106 Å². The molecule has 0 fully saturated rings. The maximum absolute atomic E-state index is 9.36. The van der Waals surface area contributed by atoms with E-state index in [0.29, 0.717) is 0 Å². The van der Waals surface area contributed by atoms with E-state index >= 15 is 0 Å². The van der Waals surface area contributed by atoms with Crippen LogP contribution in [-0.4, -0.2) is 10.2 Å². The van der Waals surface area contributed by atoms with Crippen LogP contribution in [0, 0.1) is 11.3 Å². The molecule has 0 bridgehead atoms. The van der Waals surface area contributed by atoms with E-state index < -0.39 is 0 Å². The zero-order chi connectivity index (χ0) is 12.4. The van der Waals surface area contributed by atoms with E-state index in [0.717, 1.165) is 24.1 Å². The summed E-state index contributed by atoms with van der Waals surface area (Å²) in [6.07, 6.45) is 5.14. The van der Waals surface area contributed by atoms with E-state index in [1.807, 2.05) is 18.2 Å². The van der Waals surface area contributed by atoms with Crippen LogP contribution in [0.1, 0.15) is 34.7 Å². The molecule has 3 heteroatoms. The van der Waals surface area contributed by atoms with Gasteiger partial charge in [0.15, 0.2) is 0 Å². The second-order valence-electron chi connectivity index (χ2n) is 4.59. The van der Waals surface area contributed by atoms with Crippen molar-refractivity contribution in [3.8, 4) is 6.07 Å². The summed E-state index contributed by atoms with van der Waals surface area (Å²) in [5, 5.41) is 17.3. The molecule has 88 valence electrons. The van der Waals surface area contributed by atoms with E-state index in [2.05, 4.69) is 28.4 Å². The van der Waals surface area contributed by atoms with Crippen molar-refractivity contribution in [2.75, 3.05) is 0 Å². The standard InChI is InChI=1S/C15H13N3/c16-10-14(15-5-2-8-17-18-15)13-7-6-11-3-1-4-12(11)9-13/h2,5-9,14H,1,3-4H2. The van der Waals surface area contributed by atoms with Crippen LogP contribution < -0.4 is 0 Å². The average Bonchev–Trinajstić information content (AvgIpc) is 2.88. The summed E-state index contributed by atoms with van der Waals surface area (Å²) >= 11 is 0. The molecule has 1 atom stereocenters. The van der Waals surface area contributed by atoms with Gasteiger partial charge in [-0.1, -0.05) is 18.2 Å². The summed E-state index contributed by atoms with van der Waals surface area (Å²) in [6.45, 7) is 0. The van der Waals surface area contributed by atoms with E-state index in [1.54, 1.807) is 6.20 Å². The smallest absolute Gasteiger partial charge is 0.115 e. The van der Waals surface area contributed by atoms with Crippen molar-refractivity contribution in [3.63, 3.8) is 0 Å². The number of aryl methyl sites for hydroxylation is 2. The number of hydrogen-bond donors (Lipinski definition) is 0. The van der Waals surface area contributed by atoms with Gasteiger partial charge in [-0.3, -0.25) is 0 Å². The zero-order valence-electron chi connectivity index (χ0n) is 10.0. The molecule has 1 aromatic heterocycles. The summed E-state index contributed by atoms with van der Waals surface area (Å²) in [5.74, 6) is -0.315. The first kappa shape index (κ1) is 10.9. The molecule has 1 aliphatic rings. The molecule has 1 aromatic carbocycles. The lowest BCUT2D eigenvalue weighted by Crippen LogP contribution is -2.02. The van der Waals surface area contributed by atoms with Gasteiger partial charge < -0.3 is 0 Å². The Morgan fingerprint density at radius 3 is 2.83 bits per heavy atom. The highest BCUT2D eigenvalue weighted by atomic mass is 15.1. The van der Waals surface area contributed by atoms with Gasteiger partial charge in [0.25, 0.3) is 0 Å². The number of rotatable bonds is 2. The topological polar surface area (TPSA) is 49.6 Å². The minimum absolute atomic E-state index is 0.315. The minimum Gasteiger partial charge on any atom is -0.197 e. The van der Waals surface area contributed by atoms with Gasteiger partial charge in [-0.25, -0.2) is 0 Å². The predicted octanol–water partition coefficient (Wildman–Crippen LogP) is 2.62. The third-order valence-electron chi connectivity index (χ3n) is 3.47. The number of benzene rings is 1. The first-order valence-corrected chi connectivity index (χ1v) is 6.17. The van der Waals surface area contributed by atoms with Gasteiger partial charge in [-0.15, -0.1) is 0 Å². The Kier molecular flexibility index (Phi) is 2.77. The molecule has 2 aromatic rings. The first-order chi connectivity index (χ1) is 8.88. The highest BCUT2D eigenvalue weighted by Gasteiger charge is 2.18. The second kappa shape index (κ2) is 4.58. The maximum atomic E-state index is 9.36. The van der Waals surface area contributed by atoms with Gasteiger partial charge in [-0.05, 0) is 48.1 Å². The van der Waals surface area contributed by atoms with Crippen molar-refractivity contribution in [1.82, 2.24) is 10.2 Å².